The van der Waals surface area contributed by atoms with E-state index in [9.17, 15) is 5.11 Å². The summed E-state index contributed by atoms with van der Waals surface area (Å²) in [5, 5.41) is 10.5. The molecule has 3 rings (SSSR count). The minimum absolute atomic E-state index is 0.197. The van der Waals surface area contributed by atoms with E-state index in [-0.39, 0.29) is 6.10 Å². The molecule has 0 aliphatic heterocycles. The lowest BCUT2D eigenvalue weighted by atomic mass is 9.66. The second-order valence-electron chi connectivity index (χ2n) is 6.47. The monoisotopic (exact) mass is 259 g/mol. The first-order valence-corrected chi connectivity index (χ1v) is 7.91. The molecule has 0 radical (unpaired) electrons. The minimum atomic E-state index is -0.197. The first-order chi connectivity index (χ1) is 9.33. The second-order valence-corrected chi connectivity index (χ2v) is 6.47. The van der Waals surface area contributed by atoms with Crippen LogP contribution in [0.25, 0.3) is 0 Å². The van der Waals surface area contributed by atoms with E-state index in [2.05, 4.69) is 4.98 Å². The third-order valence-electron chi connectivity index (χ3n) is 5.27. The number of hydrogen-bond donors (Lipinski definition) is 1. The number of aliphatic hydroxyl groups excluding tert-OH is 1. The molecule has 1 N–H and O–H groups in total. The van der Waals surface area contributed by atoms with E-state index < -0.39 is 0 Å². The van der Waals surface area contributed by atoms with Gasteiger partial charge in [0.15, 0.2) is 0 Å². The van der Waals surface area contributed by atoms with Gasteiger partial charge in [-0.2, -0.15) is 0 Å². The van der Waals surface area contributed by atoms with Gasteiger partial charge in [-0.1, -0.05) is 31.7 Å². The maximum Gasteiger partial charge on any atom is 0.0623 e. The van der Waals surface area contributed by atoms with Crippen LogP contribution in [0.15, 0.2) is 24.4 Å². The highest BCUT2D eigenvalue weighted by Crippen LogP contribution is 2.43. The van der Waals surface area contributed by atoms with Crippen molar-refractivity contribution in [2.45, 2.75) is 57.5 Å². The summed E-state index contributed by atoms with van der Waals surface area (Å²) >= 11 is 0. The maximum absolute atomic E-state index is 10.5. The molecule has 2 nitrogen and oxygen atoms in total. The van der Waals surface area contributed by atoms with Crippen molar-refractivity contribution in [2.24, 2.45) is 17.8 Å². The zero-order chi connectivity index (χ0) is 13.1. The molecule has 0 amide bonds. The Morgan fingerprint density at radius 3 is 2.74 bits per heavy atom. The fourth-order valence-corrected chi connectivity index (χ4v) is 4.16. The van der Waals surface area contributed by atoms with E-state index in [1.165, 1.54) is 44.9 Å². The van der Waals surface area contributed by atoms with Crippen LogP contribution >= 0.6 is 0 Å². The molecule has 0 bridgehead atoms. The summed E-state index contributed by atoms with van der Waals surface area (Å²) in [6.07, 6.45) is 11.8. The fraction of sp³-hybridized carbons (Fsp3) is 0.706. The Bertz CT molecular complexity index is 392. The standard InChI is InChI=1S/C17H25NO/c19-17(12-16-7-3-4-10-18-16)15-9-8-13-5-1-2-6-14(13)11-15/h3-4,7,10,13-15,17,19H,1-2,5-6,8-9,11-12H2. The number of rotatable bonds is 3. The van der Waals surface area contributed by atoms with Gasteiger partial charge in [-0.05, 0) is 49.1 Å². The van der Waals surface area contributed by atoms with Crippen molar-refractivity contribution in [1.29, 1.82) is 0 Å². The van der Waals surface area contributed by atoms with Crippen LogP contribution in [0.4, 0.5) is 0 Å². The van der Waals surface area contributed by atoms with Crippen molar-refractivity contribution < 1.29 is 5.11 Å². The average molecular weight is 259 g/mol. The first-order valence-electron chi connectivity index (χ1n) is 7.91. The predicted octanol–water partition coefficient (Wildman–Crippen LogP) is 3.59. The van der Waals surface area contributed by atoms with Crippen LogP contribution in [0.3, 0.4) is 0 Å². The zero-order valence-electron chi connectivity index (χ0n) is 11.7. The summed E-state index contributed by atoms with van der Waals surface area (Å²) < 4.78 is 0. The van der Waals surface area contributed by atoms with Crippen LogP contribution < -0.4 is 0 Å². The third kappa shape index (κ3) is 3.17. The van der Waals surface area contributed by atoms with Gasteiger partial charge in [0.1, 0.15) is 0 Å². The third-order valence-corrected chi connectivity index (χ3v) is 5.27. The van der Waals surface area contributed by atoms with E-state index in [0.29, 0.717) is 5.92 Å². The lowest BCUT2D eigenvalue weighted by molar-refractivity contribution is 0.0356. The van der Waals surface area contributed by atoms with Crippen LogP contribution in [-0.2, 0) is 6.42 Å². The van der Waals surface area contributed by atoms with E-state index >= 15 is 0 Å². The molecule has 1 heterocycles. The van der Waals surface area contributed by atoms with Crippen molar-refractivity contribution in [3.63, 3.8) is 0 Å². The molecule has 1 aromatic rings. The highest BCUT2D eigenvalue weighted by atomic mass is 16.3. The van der Waals surface area contributed by atoms with Crippen molar-refractivity contribution in [1.82, 2.24) is 4.98 Å². The smallest absolute Gasteiger partial charge is 0.0623 e. The molecule has 0 saturated heterocycles. The lowest BCUT2D eigenvalue weighted by Crippen LogP contribution is -2.34. The van der Waals surface area contributed by atoms with Crippen LogP contribution in [-0.4, -0.2) is 16.2 Å². The van der Waals surface area contributed by atoms with Gasteiger partial charge in [-0.15, -0.1) is 0 Å². The number of nitrogens with zero attached hydrogens (tertiary/aromatic N) is 1. The van der Waals surface area contributed by atoms with E-state index in [0.717, 1.165) is 24.0 Å². The lowest BCUT2D eigenvalue weighted by Gasteiger charge is -2.40. The number of fused-ring (bicyclic) bond motifs is 1. The van der Waals surface area contributed by atoms with Gasteiger partial charge in [0.25, 0.3) is 0 Å². The van der Waals surface area contributed by atoms with Crippen LogP contribution in [0.5, 0.6) is 0 Å². The molecule has 0 spiro atoms. The SMILES string of the molecule is OC(Cc1ccccn1)C1CCC2CCCCC2C1. The van der Waals surface area contributed by atoms with Gasteiger partial charge in [-0.3, -0.25) is 4.98 Å². The van der Waals surface area contributed by atoms with Crippen molar-refractivity contribution >= 4 is 0 Å². The first kappa shape index (κ1) is 13.1. The summed E-state index contributed by atoms with van der Waals surface area (Å²) in [6.45, 7) is 0. The molecule has 4 atom stereocenters. The molecule has 2 heteroatoms. The van der Waals surface area contributed by atoms with Crippen molar-refractivity contribution in [2.75, 3.05) is 0 Å². The Hall–Kier alpha value is -0.890. The molecular formula is C17H25NO. The van der Waals surface area contributed by atoms with Gasteiger partial charge < -0.3 is 5.11 Å². The Labute approximate surface area is 116 Å². The quantitative estimate of drug-likeness (QED) is 0.900. The van der Waals surface area contributed by atoms with Crippen molar-refractivity contribution in [3.05, 3.63) is 30.1 Å². The molecule has 0 aromatic carbocycles. The molecular weight excluding hydrogens is 234 g/mol. The average Bonchev–Trinajstić information content (AvgIpc) is 2.48. The number of aromatic nitrogens is 1. The normalized spacial score (nSPS) is 32.6. The molecule has 2 saturated carbocycles. The topological polar surface area (TPSA) is 33.1 Å². The number of hydrogen-bond acceptors (Lipinski definition) is 2. The zero-order valence-corrected chi connectivity index (χ0v) is 11.7. The summed E-state index contributed by atoms with van der Waals surface area (Å²) in [6, 6.07) is 5.96. The highest BCUT2D eigenvalue weighted by molar-refractivity contribution is 5.05. The summed E-state index contributed by atoms with van der Waals surface area (Å²) in [5.41, 5.74) is 1.03. The molecule has 2 fully saturated rings. The molecule has 104 valence electrons. The Kier molecular flexibility index (Phi) is 4.17. The number of pyridine rings is 1. The summed E-state index contributed by atoms with van der Waals surface area (Å²) in [5.74, 6) is 2.36. The fourth-order valence-electron chi connectivity index (χ4n) is 4.16. The van der Waals surface area contributed by atoms with Crippen LogP contribution in [0, 0.1) is 17.8 Å². The minimum Gasteiger partial charge on any atom is -0.392 e. The highest BCUT2D eigenvalue weighted by Gasteiger charge is 2.34. The Morgan fingerprint density at radius 2 is 1.95 bits per heavy atom. The van der Waals surface area contributed by atoms with Gasteiger partial charge in [0.05, 0.1) is 6.10 Å². The molecule has 4 unspecified atom stereocenters. The van der Waals surface area contributed by atoms with E-state index in [1.807, 2.05) is 24.4 Å². The largest absolute Gasteiger partial charge is 0.392 e. The van der Waals surface area contributed by atoms with Gasteiger partial charge >= 0.3 is 0 Å². The molecule has 2 aliphatic rings. The van der Waals surface area contributed by atoms with Crippen LogP contribution in [0.2, 0.25) is 0 Å². The maximum atomic E-state index is 10.5. The second kappa shape index (κ2) is 6.04. The van der Waals surface area contributed by atoms with Gasteiger partial charge in [-0.25, -0.2) is 0 Å². The van der Waals surface area contributed by atoms with Gasteiger partial charge in [0.2, 0.25) is 0 Å². The van der Waals surface area contributed by atoms with Crippen LogP contribution in [0.1, 0.15) is 50.6 Å². The Balaban J connectivity index is 1.57. The van der Waals surface area contributed by atoms with Gasteiger partial charge in [0, 0.05) is 18.3 Å². The Morgan fingerprint density at radius 1 is 1.11 bits per heavy atom. The molecule has 19 heavy (non-hydrogen) atoms. The summed E-state index contributed by atoms with van der Waals surface area (Å²) in [7, 11) is 0. The molecule has 1 aromatic heterocycles. The molecule has 2 aliphatic carbocycles. The predicted molar refractivity (Wildman–Crippen MR) is 76.7 cm³/mol. The van der Waals surface area contributed by atoms with E-state index in [4.69, 9.17) is 0 Å². The van der Waals surface area contributed by atoms with E-state index in [1.54, 1.807) is 0 Å². The summed E-state index contributed by atoms with van der Waals surface area (Å²) in [4.78, 5) is 4.34. The number of aliphatic hydroxyl groups is 1. The van der Waals surface area contributed by atoms with Crippen molar-refractivity contribution in [3.8, 4) is 0 Å².